The maximum atomic E-state index is 13.7. The van der Waals surface area contributed by atoms with Gasteiger partial charge in [0.1, 0.15) is 5.82 Å². The average molecular weight is 627 g/mol. The van der Waals surface area contributed by atoms with E-state index in [9.17, 15) is 18.8 Å². The van der Waals surface area contributed by atoms with Crippen molar-refractivity contribution in [3.05, 3.63) is 124 Å². The zero-order valence-corrected chi connectivity index (χ0v) is 25.6. The van der Waals surface area contributed by atoms with Gasteiger partial charge in [0.05, 0.1) is 0 Å². The molecule has 2 aliphatic heterocycles. The molecule has 0 spiro atoms. The van der Waals surface area contributed by atoms with E-state index in [0.29, 0.717) is 12.2 Å². The van der Waals surface area contributed by atoms with Gasteiger partial charge in [-0.2, -0.15) is 0 Å². The van der Waals surface area contributed by atoms with E-state index in [-0.39, 0.29) is 11.7 Å². The van der Waals surface area contributed by atoms with Gasteiger partial charge in [-0.15, -0.1) is 11.3 Å². The smallest absolute Gasteiger partial charge is 0.328 e. The van der Waals surface area contributed by atoms with Crippen molar-refractivity contribution in [2.45, 2.75) is 32.2 Å². The number of carbonyl (C=O) groups is 3. The molecule has 45 heavy (non-hydrogen) atoms. The van der Waals surface area contributed by atoms with Crippen LogP contribution in [0.1, 0.15) is 52.0 Å². The molecular weight excluding hydrogens is 591 g/mol. The molecule has 9 heteroatoms. The molecule has 4 aromatic rings. The quantitative estimate of drug-likeness (QED) is 0.213. The summed E-state index contributed by atoms with van der Waals surface area (Å²) in [5.41, 5.74) is 5.79. The lowest BCUT2D eigenvalue weighted by molar-refractivity contribution is -0.134. The van der Waals surface area contributed by atoms with Crippen LogP contribution < -0.4 is 0 Å². The van der Waals surface area contributed by atoms with E-state index in [1.807, 2.05) is 40.5 Å². The minimum absolute atomic E-state index is 0.162. The van der Waals surface area contributed by atoms with Crippen LogP contribution in [0.15, 0.2) is 96.6 Å². The molecule has 7 nitrogen and oxygen atoms in total. The number of carboxylic acids is 2. The molecule has 0 bridgehead atoms. The van der Waals surface area contributed by atoms with Gasteiger partial charge in [0.25, 0.3) is 5.91 Å². The molecule has 2 saturated heterocycles. The van der Waals surface area contributed by atoms with Gasteiger partial charge in [-0.05, 0) is 84.2 Å². The molecule has 6 rings (SSSR count). The normalized spacial score (nSPS) is 15.2. The number of aliphatic carboxylic acids is 2. The predicted octanol–water partition coefficient (Wildman–Crippen LogP) is 7.09. The Labute approximate surface area is 265 Å². The van der Waals surface area contributed by atoms with E-state index in [1.54, 1.807) is 12.1 Å². The summed E-state index contributed by atoms with van der Waals surface area (Å²) in [7, 11) is 0. The average Bonchev–Trinajstić information content (AvgIpc) is 3.73. The highest BCUT2D eigenvalue weighted by Gasteiger charge is 2.22. The van der Waals surface area contributed by atoms with E-state index in [2.05, 4.69) is 47.4 Å². The SMILES string of the molecule is O=C(O)/C=C\C(=O)O.O=C(c1cccc(CN2CCC(=C(c3ccc(F)cc3)c3cc4ccccc4s3)CC2)c1)N1CCCC1. The number of fused-ring (bicyclic) bond motifs is 1. The minimum Gasteiger partial charge on any atom is -0.478 e. The lowest BCUT2D eigenvalue weighted by Gasteiger charge is -2.30. The van der Waals surface area contributed by atoms with E-state index in [1.165, 1.54) is 31.7 Å². The number of hydrogen-bond donors (Lipinski definition) is 2. The zero-order valence-electron chi connectivity index (χ0n) is 24.8. The highest BCUT2D eigenvalue weighted by Crippen LogP contribution is 2.38. The van der Waals surface area contributed by atoms with Crippen LogP contribution in [-0.2, 0) is 16.1 Å². The van der Waals surface area contributed by atoms with Gasteiger partial charge in [0.15, 0.2) is 0 Å². The number of benzene rings is 3. The van der Waals surface area contributed by atoms with Crippen molar-refractivity contribution >= 4 is 44.8 Å². The van der Waals surface area contributed by atoms with Gasteiger partial charge in [-0.25, -0.2) is 14.0 Å². The minimum atomic E-state index is -1.26. The van der Waals surface area contributed by atoms with Gasteiger partial charge >= 0.3 is 11.9 Å². The first kappa shape index (κ1) is 31.8. The molecule has 232 valence electrons. The summed E-state index contributed by atoms with van der Waals surface area (Å²) in [6.45, 7) is 4.54. The van der Waals surface area contributed by atoms with Crippen molar-refractivity contribution in [2.75, 3.05) is 26.2 Å². The molecule has 1 amide bonds. The molecule has 0 unspecified atom stereocenters. The summed E-state index contributed by atoms with van der Waals surface area (Å²) >= 11 is 1.81. The van der Waals surface area contributed by atoms with Gasteiger partial charge < -0.3 is 15.1 Å². The topological polar surface area (TPSA) is 98.1 Å². The number of carboxylic acid groups (broad SMARTS) is 2. The first-order chi connectivity index (χ1) is 21.8. The first-order valence-electron chi connectivity index (χ1n) is 15.0. The third kappa shape index (κ3) is 8.53. The fraction of sp³-hybridized carbons (Fsp3) is 0.250. The van der Waals surface area contributed by atoms with Gasteiger partial charge in [0, 0.05) is 60.0 Å². The first-order valence-corrected chi connectivity index (χ1v) is 15.8. The van der Waals surface area contributed by atoms with Gasteiger partial charge in [-0.1, -0.05) is 48.0 Å². The van der Waals surface area contributed by atoms with Gasteiger partial charge in [-0.3, -0.25) is 9.69 Å². The summed E-state index contributed by atoms with van der Waals surface area (Å²) in [6, 6.07) is 25.9. The number of hydrogen-bond acceptors (Lipinski definition) is 5. The molecule has 3 aromatic carbocycles. The largest absolute Gasteiger partial charge is 0.478 e. The standard InChI is InChI=1S/C32H31FN2OS.C4H4O4/c33-28-12-10-24(11-13-28)31(30-21-26-7-1-2-9-29(26)37-30)25-14-18-34(19-15-25)22-23-6-5-8-27(20-23)32(36)35-16-3-4-17-35;5-3(6)1-2-4(7)8/h1-2,5-13,20-21H,3-4,14-19,22H2;1-2H,(H,5,6)(H,7,8)/b;2-1-. The second kappa shape index (κ2) is 14.9. The van der Waals surface area contributed by atoms with Gasteiger partial charge in [0.2, 0.25) is 0 Å². The van der Waals surface area contributed by atoms with Crippen molar-refractivity contribution in [1.29, 1.82) is 0 Å². The zero-order chi connectivity index (χ0) is 31.8. The Morgan fingerprint density at radius 3 is 2.09 bits per heavy atom. The van der Waals surface area contributed by atoms with Crippen molar-refractivity contribution in [2.24, 2.45) is 0 Å². The van der Waals surface area contributed by atoms with Crippen molar-refractivity contribution in [1.82, 2.24) is 9.80 Å². The van der Waals surface area contributed by atoms with Crippen LogP contribution in [-0.4, -0.2) is 64.0 Å². The molecule has 0 radical (unpaired) electrons. The monoisotopic (exact) mass is 626 g/mol. The Balaban J connectivity index is 0.000000444. The van der Waals surface area contributed by atoms with Crippen LogP contribution in [0.2, 0.25) is 0 Å². The molecule has 0 saturated carbocycles. The van der Waals surface area contributed by atoms with E-state index < -0.39 is 11.9 Å². The van der Waals surface area contributed by atoms with E-state index in [0.717, 1.165) is 69.5 Å². The van der Waals surface area contributed by atoms with Crippen LogP contribution >= 0.6 is 11.3 Å². The van der Waals surface area contributed by atoms with E-state index >= 15 is 0 Å². The lowest BCUT2D eigenvalue weighted by atomic mass is 9.91. The van der Waals surface area contributed by atoms with Crippen LogP contribution in [0.3, 0.4) is 0 Å². The third-order valence-corrected chi connectivity index (χ3v) is 9.09. The number of piperidine rings is 1. The maximum Gasteiger partial charge on any atom is 0.328 e. The Kier molecular flexibility index (Phi) is 10.5. The number of rotatable bonds is 7. The van der Waals surface area contributed by atoms with Crippen LogP contribution in [0.25, 0.3) is 15.7 Å². The van der Waals surface area contributed by atoms with Crippen molar-refractivity contribution in [3.63, 3.8) is 0 Å². The Bertz CT molecular complexity index is 1680. The molecule has 0 aliphatic carbocycles. The molecule has 3 heterocycles. The summed E-state index contributed by atoms with van der Waals surface area (Å²) in [5.74, 6) is -2.56. The summed E-state index contributed by atoms with van der Waals surface area (Å²) in [5, 5.41) is 16.9. The van der Waals surface area contributed by atoms with Crippen molar-refractivity contribution in [3.8, 4) is 0 Å². The van der Waals surface area contributed by atoms with Crippen LogP contribution in [0.4, 0.5) is 4.39 Å². The Morgan fingerprint density at radius 1 is 0.778 bits per heavy atom. The van der Waals surface area contributed by atoms with Crippen LogP contribution in [0.5, 0.6) is 0 Å². The number of carbonyl (C=O) groups excluding carboxylic acids is 1. The van der Waals surface area contributed by atoms with Crippen LogP contribution in [0, 0.1) is 5.82 Å². The molecule has 2 fully saturated rings. The van der Waals surface area contributed by atoms with E-state index in [4.69, 9.17) is 10.2 Å². The highest BCUT2D eigenvalue weighted by atomic mass is 32.1. The molecule has 2 aliphatic rings. The Morgan fingerprint density at radius 2 is 1.44 bits per heavy atom. The molecule has 1 aromatic heterocycles. The fourth-order valence-corrected chi connectivity index (χ4v) is 6.96. The number of halogens is 1. The molecule has 2 N–H and O–H groups in total. The number of amides is 1. The second-order valence-electron chi connectivity index (χ2n) is 11.1. The summed E-state index contributed by atoms with van der Waals surface area (Å²) in [6.07, 6.45) is 5.29. The summed E-state index contributed by atoms with van der Waals surface area (Å²) in [4.78, 5) is 37.7. The number of likely N-dealkylation sites (tertiary alicyclic amines) is 2. The maximum absolute atomic E-state index is 13.7. The third-order valence-electron chi connectivity index (χ3n) is 7.96. The number of nitrogens with zero attached hydrogens (tertiary/aromatic N) is 2. The second-order valence-corrected chi connectivity index (χ2v) is 12.2. The highest BCUT2D eigenvalue weighted by molar-refractivity contribution is 7.20. The lowest BCUT2D eigenvalue weighted by Crippen LogP contribution is -2.31. The van der Waals surface area contributed by atoms with Crippen molar-refractivity contribution < 1.29 is 29.0 Å². The summed E-state index contributed by atoms with van der Waals surface area (Å²) < 4.78 is 15.0. The Hall–Kier alpha value is -4.60. The molecular formula is C36H35FN2O5S. The molecule has 0 atom stereocenters. The fourth-order valence-electron chi connectivity index (χ4n) is 5.78. The number of thiophene rings is 1. The predicted molar refractivity (Wildman–Crippen MR) is 175 cm³/mol.